The van der Waals surface area contributed by atoms with Crippen molar-refractivity contribution in [2.24, 2.45) is 0 Å². The van der Waals surface area contributed by atoms with Crippen LogP contribution in [-0.4, -0.2) is 9.55 Å². The van der Waals surface area contributed by atoms with Gasteiger partial charge in [0.25, 0.3) is 0 Å². The Morgan fingerprint density at radius 2 is 2.00 bits per heavy atom. The van der Waals surface area contributed by atoms with E-state index >= 15 is 0 Å². The minimum Gasteiger partial charge on any atom is -0.383 e. The fourth-order valence-corrected chi connectivity index (χ4v) is 2.53. The van der Waals surface area contributed by atoms with Crippen molar-refractivity contribution in [2.75, 3.05) is 5.73 Å². The standard InChI is InChI=1S/C16H21ClFN3/c1-5-8-21-14(19)13(20-15(21)16(2,3)4)11-7-6-10(17)9-12(11)18/h6-7,9H,5,8,19H2,1-4H3. The summed E-state index contributed by atoms with van der Waals surface area (Å²) in [6, 6.07) is 4.56. The highest BCUT2D eigenvalue weighted by Crippen LogP contribution is 2.34. The molecular weight excluding hydrogens is 289 g/mol. The molecule has 0 bridgehead atoms. The number of nitrogen functional groups attached to an aromatic ring is 1. The number of benzene rings is 1. The van der Waals surface area contributed by atoms with Crippen LogP contribution in [0.3, 0.4) is 0 Å². The molecular formula is C16H21ClFN3. The van der Waals surface area contributed by atoms with Crippen molar-refractivity contribution in [3.05, 3.63) is 34.9 Å². The zero-order valence-corrected chi connectivity index (χ0v) is 13.6. The molecule has 2 rings (SSSR count). The van der Waals surface area contributed by atoms with E-state index in [2.05, 4.69) is 32.7 Å². The normalized spacial score (nSPS) is 11.9. The first-order valence-corrected chi connectivity index (χ1v) is 7.45. The van der Waals surface area contributed by atoms with Gasteiger partial charge in [-0.25, -0.2) is 9.37 Å². The highest BCUT2D eigenvalue weighted by molar-refractivity contribution is 6.30. The summed E-state index contributed by atoms with van der Waals surface area (Å²) in [6.45, 7) is 9.06. The predicted molar refractivity (Wildman–Crippen MR) is 86.0 cm³/mol. The topological polar surface area (TPSA) is 43.8 Å². The highest BCUT2D eigenvalue weighted by Gasteiger charge is 2.26. The zero-order valence-electron chi connectivity index (χ0n) is 12.9. The van der Waals surface area contributed by atoms with Gasteiger partial charge in [-0.05, 0) is 24.6 Å². The fraction of sp³-hybridized carbons (Fsp3) is 0.438. The number of hydrogen-bond acceptors (Lipinski definition) is 2. The molecule has 0 saturated heterocycles. The SMILES string of the molecule is CCCn1c(C(C)(C)C)nc(-c2ccc(Cl)cc2F)c1N. The molecule has 0 atom stereocenters. The smallest absolute Gasteiger partial charge is 0.134 e. The van der Waals surface area contributed by atoms with Crippen molar-refractivity contribution in [1.29, 1.82) is 0 Å². The van der Waals surface area contributed by atoms with Gasteiger partial charge in [-0.1, -0.05) is 39.3 Å². The van der Waals surface area contributed by atoms with Crippen molar-refractivity contribution in [2.45, 2.75) is 46.1 Å². The van der Waals surface area contributed by atoms with Crippen molar-refractivity contribution >= 4 is 17.4 Å². The Kier molecular flexibility index (Phi) is 4.28. The summed E-state index contributed by atoms with van der Waals surface area (Å²) in [5.74, 6) is 0.963. The largest absolute Gasteiger partial charge is 0.383 e. The lowest BCUT2D eigenvalue weighted by Crippen LogP contribution is -2.19. The van der Waals surface area contributed by atoms with Crippen LogP contribution in [0.25, 0.3) is 11.3 Å². The van der Waals surface area contributed by atoms with Crippen LogP contribution in [-0.2, 0) is 12.0 Å². The molecule has 3 nitrogen and oxygen atoms in total. The summed E-state index contributed by atoms with van der Waals surface area (Å²) in [4.78, 5) is 4.62. The molecule has 114 valence electrons. The molecule has 0 saturated carbocycles. The predicted octanol–water partition coefficient (Wildman–Crippen LogP) is 4.63. The van der Waals surface area contributed by atoms with Gasteiger partial charge in [0, 0.05) is 22.5 Å². The molecule has 0 aliphatic heterocycles. The third-order valence-corrected chi connectivity index (χ3v) is 3.55. The Morgan fingerprint density at radius 1 is 1.33 bits per heavy atom. The quantitative estimate of drug-likeness (QED) is 0.898. The molecule has 0 aliphatic rings. The van der Waals surface area contributed by atoms with Crippen LogP contribution >= 0.6 is 11.6 Å². The van der Waals surface area contributed by atoms with Crippen LogP contribution in [0.2, 0.25) is 5.02 Å². The lowest BCUT2D eigenvalue weighted by molar-refractivity contribution is 0.498. The van der Waals surface area contributed by atoms with Gasteiger partial charge < -0.3 is 10.3 Å². The molecule has 21 heavy (non-hydrogen) atoms. The van der Waals surface area contributed by atoms with E-state index in [0.29, 0.717) is 22.1 Å². The number of halogens is 2. The van der Waals surface area contributed by atoms with Crippen molar-refractivity contribution in [3.8, 4) is 11.3 Å². The van der Waals surface area contributed by atoms with Crippen LogP contribution in [0.5, 0.6) is 0 Å². The first-order chi connectivity index (χ1) is 9.75. The van der Waals surface area contributed by atoms with E-state index in [1.807, 2.05) is 4.57 Å². The lowest BCUT2D eigenvalue weighted by atomic mass is 9.95. The van der Waals surface area contributed by atoms with Crippen LogP contribution in [0.1, 0.15) is 39.9 Å². The van der Waals surface area contributed by atoms with E-state index in [1.54, 1.807) is 12.1 Å². The second-order valence-electron chi connectivity index (χ2n) is 6.20. The Hall–Kier alpha value is -1.55. The van der Waals surface area contributed by atoms with Crippen molar-refractivity contribution in [3.63, 3.8) is 0 Å². The van der Waals surface area contributed by atoms with Crippen LogP contribution < -0.4 is 5.73 Å². The zero-order chi connectivity index (χ0) is 15.8. The number of rotatable bonds is 3. The van der Waals surface area contributed by atoms with Crippen LogP contribution in [0, 0.1) is 5.82 Å². The molecule has 2 N–H and O–H groups in total. The minimum absolute atomic E-state index is 0.162. The van der Waals surface area contributed by atoms with Gasteiger partial charge in [-0.3, -0.25) is 0 Å². The molecule has 0 spiro atoms. The maximum atomic E-state index is 14.2. The average Bonchev–Trinajstić information content (AvgIpc) is 2.68. The molecule has 5 heteroatoms. The molecule has 0 fully saturated rings. The van der Waals surface area contributed by atoms with Gasteiger partial charge in [0.05, 0.1) is 0 Å². The lowest BCUT2D eigenvalue weighted by Gasteiger charge is -2.19. The van der Waals surface area contributed by atoms with Gasteiger partial charge in [-0.2, -0.15) is 0 Å². The number of anilines is 1. The Balaban J connectivity index is 2.65. The number of imidazole rings is 1. The van der Waals surface area contributed by atoms with Gasteiger partial charge in [0.15, 0.2) is 0 Å². The number of nitrogens with two attached hydrogens (primary N) is 1. The number of nitrogens with zero attached hydrogens (tertiary/aromatic N) is 2. The maximum Gasteiger partial charge on any atom is 0.134 e. The average molecular weight is 310 g/mol. The van der Waals surface area contributed by atoms with Crippen molar-refractivity contribution < 1.29 is 4.39 Å². The Labute approximate surface area is 129 Å². The third kappa shape index (κ3) is 3.05. The van der Waals surface area contributed by atoms with Gasteiger partial charge >= 0.3 is 0 Å². The van der Waals surface area contributed by atoms with E-state index < -0.39 is 5.82 Å². The van der Waals surface area contributed by atoms with E-state index in [9.17, 15) is 4.39 Å². The van der Waals surface area contributed by atoms with E-state index in [0.717, 1.165) is 18.8 Å². The van der Waals surface area contributed by atoms with Gasteiger partial charge in [0.1, 0.15) is 23.2 Å². The summed E-state index contributed by atoms with van der Waals surface area (Å²) in [5, 5.41) is 0.360. The summed E-state index contributed by atoms with van der Waals surface area (Å²) < 4.78 is 16.1. The van der Waals surface area contributed by atoms with E-state index in [4.69, 9.17) is 17.3 Å². The highest BCUT2D eigenvalue weighted by atomic mass is 35.5. The molecule has 2 aromatic rings. The van der Waals surface area contributed by atoms with E-state index in [1.165, 1.54) is 6.07 Å². The number of aromatic nitrogens is 2. The molecule has 1 aromatic heterocycles. The van der Waals surface area contributed by atoms with Gasteiger partial charge in [-0.15, -0.1) is 0 Å². The Bertz CT molecular complexity index is 656. The van der Waals surface area contributed by atoms with Crippen LogP contribution in [0.15, 0.2) is 18.2 Å². The maximum absolute atomic E-state index is 14.2. The van der Waals surface area contributed by atoms with Crippen molar-refractivity contribution in [1.82, 2.24) is 9.55 Å². The first kappa shape index (κ1) is 15.8. The monoisotopic (exact) mass is 309 g/mol. The Morgan fingerprint density at radius 3 is 2.52 bits per heavy atom. The summed E-state index contributed by atoms with van der Waals surface area (Å²) in [6.07, 6.45) is 0.937. The summed E-state index contributed by atoms with van der Waals surface area (Å²) >= 11 is 5.81. The second kappa shape index (κ2) is 5.68. The summed E-state index contributed by atoms with van der Waals surface area (Å²) in [7, 11) is 0. The third-order valence-electron chi connectivity index (χ3n) is 3.31. The number of hydrogen-bond donors (Lipinski definition) is 1. The molecule has 0 aliphatic carbocycles. The van der Waals surface area contributed by atoms with Gasteiger partial charge in [0.2, 0.25) is 0 Å². The molecule has 1 heterocycles. The first-order valence-electron chi connectivity index (χ1n) is 7.07. The molecule has 0 radical (unpaired) electrons. The fourth-order valence-electron chi connectivity index (χ4n) is 2.37. The molecule has 0 amide bonds. The summed E-state index contributed by atoms with van der Waals surface area (Å²) in [5.41, 5.74) is 6.94. The van der Waals surface area contributed by atoms with Crippen LogP contribution in [0.4, 0.5) is 10.2 Å². The van der Waals surface area contributed by atoms with E-state index in [-0.39, 0.29) is 5.41 Å². The second-order valence-corrected chi connectivity index (χ2v) is 6.63. The molecule has 0 unspecified atom stereocenters. The minimum atomic E-state index is -0.407. The molecule has 1 aromatic carbocycles.